The fourth-order valence-electron chi connectivity index (χ4n) is 1.84. The summed E-state index contributed by atoms with van der Waals surface area (Å²) in [6.45, 7) is 5.44. The lowest BCUT2D eigenvalue weighted by Gasteiger charge is -2.15. The van der Waals surface area contributed by atoms with E-state index in [-0.39, 0.29) is 0 Å². The lowest BCUT2D eigenvalue weighted by Crippen LogP contribution is -2.41. The van der Waals surface area contributed by atoms with Crippen LogP contribution in [-0.2, 0) is 21.2 Å². The number of sulfonamides is 1. The lowest BCUT2D eigenvalue weighted by atomic mass is 9.96. The summed E-state index contributed by atoms with van der Waals surface area (Å²) < 4.78 is 59.6. The van der Waals surface area contributed by atoms with Gasteiger partial charge in [0.1, 0.15) is 0 Å². The van der Waals surface area contributed by atoms with Crippen molar-refractivity contribution < 1.29 is 26.4 Å². The van der Waals surface area contributed by atoms with Crippen LogP contribution in [0.1, 0.15) is 37.8 Å². The van der Waals surface area contributed by atoms with E-state index in [1.54, 1.807) is 24.3 Å². The Kier molecular flexibility index (Phi) is 5.61. The zero-order valence-corrected chi connectivity index (χ0v) is 13.3. The summed E-state index contributed by atoms with van der Waals surface area (Å²) in [4.78, 5) is 11.7. The van der Waals surface area contributed by atoms with Gasteiger partial charge in [-0.15, -0.1) is 0 Å². The summed E-state index contributed by atoms with van der Waals surface area (Å²) in [5, 5.41) is 0. The third-order valence-electron chi connectivity index (χ3n) is 3.06. The van der Waals surface area contributed by atoms with Crippen molar-refractivity contribution in [2.75, 3.05) is 0 Å². The van der Waals surface area contributed by atoms with Crippen molar-refractivity contribution >= 4 is 15.9 Å². The van der Waals surface area contributed by atoms with Crippen LogP contribution in [0.3, 0.4) is 0 Å². The SMILES string of the molecule is CC(C)Cc1ccc([C@H](C)C(=O)NS(=O)(=O)C(F)(F)F)cc1. The van der Waals surface area contributed by atoms with Gasteiger partial charge in [0.15, 0.2) is 0 Å². The zero-order chi connectivity index (χ0) is 17.1. The van der Waals surface area contributed by atoms with E-state index < -0.39 is 27.4 Å². The third kappa shape index (κ3) is 4.72. The van der Waals surface area contributed by atoms with Crippen LogP contribution >= 0.6 is 0 Å². The molecule has 4 nitrogen and oxygen atoms in total. The number of alkyl halides is 3. The molecule has 0 spiro atoms. The van der Waals surface area contributed by atoms with Gasteiger partial charge in [0, 0.05) is 0 Å². The second kappa shape index (κ2) is 6.68. The molecule has 0 heterocycles. The van der Waals surface area contributed by atoms with Crippen molar-refractivity contribution in [2.45, 2.75) is 38.6 Å². The van der Waals surface area contributed by atoms with Crippen LogP contribution in [0.15, 0.2) is 24.3 Å². The molecular weight excluding hydrogens is 319 g/mol. The van der Waals surface area contributed by atoms with Gasteiger partial charge in [0.25, 0.3) is 0 Å². The highest BCUT2D eigenvalue weighted by Gasteiger charge is 2.47. The number of carbonyl (C=O) groups is 1. The molecule has 1 amide bonds. The predicted octanol–water partition coefficient (Wildman–Crippen LogP) is 2.95. The maximum atomic E-state index is 12.2. The standard InChI is InChI=1S/C14H18F3NO3S/c1-9(2)8-11-4-6-12(7-5-11)10(3)13(19)18-22(20,21)14(15,16)17/h4-7,9-10H,8H2,1-3H3,(H,18,19)/t10-/m0/s1. The fraction of sp³-hybridized carbons (Fsp3) is 0.500. The van der Waals surface area contributed by atoms with Crippen molar-refractivity contribution in [3.8, 4) is 0 Å². The number of amides is 1. The third-order valence-corrected chi connectivity index (χ3v) is 4.14. The van der Waals surface area contributed by atoms with Crippen LogP contribution < -0.4 is 4.72 Å². The smallest absolute Gasteiger partial charge is 0.273 e. The molecule has 8 heteroatoms. The molecule has 0 saturated heterocycles. The number of carbonyl (C=O) groups excluding carboxylic acids is 1. The molecule has 1 aromatic carbocycles. The first-order valence-electron chi connectivity index (χ1n) is 6.66. The molecule has 0 aliphatic heterocycles. The molecule has 1 N–H and O–H groups in total. The average Bonchev–Trinajstić information content (AvgIpc) is 2.36. The Morgan fingerprint density at radius 2 is 1.64 bits per heavy atom. The van der Waals surface area contributed by atoms with E-state index in [9.17, 15) is 26.4 Å². The molecule has 1 aromatic rings. The molecule has 0 unspecified atom stereocenters. The van der Waals surface area contributed by atoms with Crippen molar-refractivity contribution in [1.82, 2.24) is 4.72 Å². The van der Waals surface area contributed by atoms with Crippen molar-refractivity contribution in [3.05, 3.63) is 35.4 Å². The van der Waals surface area contributed by atoms with Crippen LogP contribution in [-0.4, -0.2) is 19.8 Å². The van der Waals surface area contributed by atoms with Gasteiger partial charge in [-0.3, -0.25) is 4.79 Å². The molecule has 0 saturated carbocycles. The molecule has 0 bridgehead atoms. The van der Waals surface area contributed by atoms with Crippen LogP contribution in [0, 0.1) is 5.92 Å². The molecule has 0 aliphatic rings. The molecule has 1 rings (SSSR count). The highest BCUT2D eigenvalue weighted by Crippen LogP contribution is 2.23. The molecule has 0 radical (unpaired) electrons. The monoisotopic (exact) mass is 337 g/mol. The second-order valence-corrected chi connectivity index (χ2v) is 7.15. The van der Waals surface area contributed by atoms with Crippen LogP contribution in [0.4, 0.5) is 13.2 Å². The molecule has 22 heavy (non-hydrogen) atoms. The van der Waals surface area contributed by atoms with Gasteiger partial charge < -0.3 is 0 Å². The quantitative estimate of drug-likeness (QED) is 0.898. The first-order chi connectivity index (χ1) is 9.94. The fourth-order valence-corrected chi connectivity index (χ4v) is 2.40. The summed E-state index contributed by atoms with van der Waals surface area (Å²) in [6.07, 6.45) is 0.837. The normalized spacial score (nSPS) is 14.0. The van der Waals surface area contributed by atoms with Crippen molar-refractivity contribution in [2.24, 2.45) is 5.92 Å². The Labute approximate surface area is 127 Å². The van der Waals surface area contributed by atoms with Crippen LogP contribution in [0.2, 0.25) is 0 Å². The second-order valence-electron chi connectivity index (χ2n) is 5.48. The van der Waals surface area contributed by atoms with E-state index in [0.29, 0.717) is 11.5 Å². The minimum Gasteiger partial charge on any atom is -0.273 e. The first-order valence-corrected chi connectivity index (χ1v) is 8.14. The Morgan fingerprint density at radius 1 is 1.14 bits per heavy atom. The van der Waals surface area contributed by atoms with Crippen molar-refractivity contribution in [1.29, 1.82) is 0 Å². The number of halogens is 3. The molecule has 1 atom stereocenters. The topological polar surface area (TPSA) is 63.2 Å². The van der Waals surface area contributed by atoms with Gasteiger partial charge in [0.2, 0.25) is 5.91 Å². The number of benzene rings is 1. The van der Waals surface area contributed by atoms with Gasteiger partial charge in [-0.2, -0.15) is 21.6 Å². The Morgan fingerprint density at radius 3 is 2.05 bits per heavy atom. The van der Waals surface area contributed by atoms with E-state index in [1.165, 1.54) is 6.92 Å². The molecule has 0 fully saturated rings. The number of hydrogen-bond donors (Lipinski definition) is 1. The highest BCUT2D eigenvalue weighted by molar-refractivity contribution is 7.90. The van der Waals surface area contributed by atoms with Gasteiger partial charge in [-0.05, 0) is 30.4 Å². The number of rotatable bonds is 5. The minimum atomic E-state index is -5.67. The maximum absolute atomic E-state index is 12.2. The summed E-state index contributed by atoms with van der Waals surface area (Å²) in [7, 11) is -5.67. The summed E-state index contributed by atoms with van der Waals surface area (Å²) in [5.41, 5.74) is -4.03. The lowest BCUT2D eigenvalue weighted by molar-refractivity contribution is -0.121. The van der Waals surface area contributed by atoms with Crippen LogP contribution in [0.5, 0.6) is 0 Å². The Hall–Kier alpha value is -1.57. The largest absolute Gasteiger partial charge is 0.516 e. The Bertz CT molecular complexity index is 622. The maximum Gasteiger partial charge on any atom is 0.516 e. The number of hydrogen-bond acceptors (Lipinski definition) is 3. The van der Waals surface area contributed by atoms with E-state index in [0.717, 1.165) is 16.7 Å². The molecule has 0 aliphatic carbocycles. The highest BCUT2D eigenvalue weighted by atomic mass is 32.2. The molecular formula is C14H18F3NO3S. The van der Waals surface area contributed by atoms with Gasteiger partial charge >= 0.3 is 15.5 Å². The van der Waals surface area contributed by atoms with Crippen molar-refractivity contribution in [3.63, 3.8) is 0 Å². The minimum absolute atomic E-state index is 0.447. The molecule has 124 valence electrons. The zero-order valence-electron chi connectivity index (χ0n) is 12.4. The number of nitrogens with one attached hydrogen (secondary N) is 1. The van der Waals surface area contributed by atoms with E-state index in [2.05, 4.69) is 0 Å². The Balaban J connectivity index is 2.83. The van der Waals surface area contributed by atoms with Crippen LogP contribution in [0.25, 0.3) is 0 Å². The van der Waals surface area contributed by atoms with E-state index >= 15 is 0 Å². The first kappa shape index (κ1) is 18.5. The summed E-state index contributed by atoms with van der Waals surface area (Å²) >= 11 is 0. The van der Waals surface area contributed by atoms with Gasteiger partial charge in [0.05, 0.1) is 5.92 Å². The van der Waals surface area contributed by atoms with E-state index in [1.807, 2.05) is 13.8 Å². The van der Waals surface area contributed by atoms with E-state index in [4.69, 9.17) is 0 Å². The van der Waals surface area contributed by atoms with Gasteiger partial charge in [-0.25, -0.2) is 4.72 Å². The average molecular weight is 337 g/mol. The molecule has 0 aromatic heterocycles. The predicted molar refractivity (Wildman–Crippen MR) is 76.5 cm³/mol. The summed E-state index contributed by atoms with van der Waals surface area (Å²) in [6, 6.07) is 6.78. The summed E-state index contributed by atoms with van der Waals surface area (Å²) in [5.74, 6) is -1.78. The van der Waals surface area contributed by atoms with Gasteiger partial charge in [-0.1, -0.05) is 38.1 Å².